The molecule has 8 nitrogen and oxygen atoms in total. The van der Waals surface area contributed by atoms with Gasteiger partial charge in [0.1, 0.15) is 5.78 Å². The average Bonchev–Trinajstić information content (AvgIpc) is 2.84. The quantitative estimate of drug-likeness (QED) is 0.521. The molecule has 3 aromatic rings. The minimum Gasteiger partial charge on any atom is -0.450 e. The van der Waals surface area contributed by atoms with E-state index in [1.807, 2.05) is 62.4 Å². The summed E-state index contributed by atoms with van der Waals surface area (Å²) in [6.07, 6.45) is 0.751. The van der Waals surface area contributed by atoms with Crippen molar-refractivity contribution >= 4 is 17.6 Å². The van der Waals surface area contributed by atoms with E-state index in [0.717, 1.165) is 28.1 Å². The summed E-state index contributed by atoms with van der Waals surface area (Å²) in [6, 6.07) is 18.7. The van der Waals surface area contributed by atoms with Gasteiger partial charge in [-0.3, -0.25) is 14.9 Å². The Morgan fingerprint density at radius 1 is 1.06 bits per heavy atom. The molecule has 8 heteroatoms. The van der Waals surface area contributed by atoms with Crippen LogP contribution in [-0.2, 0) is 22.5 Å². The van der Waals surface area contributed by atoms with E-state index in [2.05, 4.69) is 10.4 Å². The van der Waals surface area contributed by atoms with Gasteiger partial charge in [-0.05, 0) is 56.5 Å². The topological polar surface area (TPSA) is 116 Å². The van der Waals surface area contributed by atoms with Crippen LogP contribution in [0.1, 0.15) is 31.4 Å². The molecule has 2 aromatic carbocycles. The van der Waals surface area contributed by atoms with Gasteiger partial charge in [0.25, 0.3) is 5.56 Å². The Labute approximate surface area is 199 Å². The van der Waals surface area contributed by atoms with E-state index >= 15 is 0 Å². The number of Topliss-reactive ketones (excluding diaryl/α,β-unsaturated/α-hetero) is 1. The van der Waals surface area contributed by atoms with E-state index in [4.69, 9.17) is 10.5 Å². The van der Waals surface area contributed by atoms with Crippen LogP contribution in [0.25, 0.3) is 11.3 Å². The van der Waals surface area contributed by atoms with Crippen LogP contribution < -0.4 is 16.6 Å². The second-order valence-corrected chi connectivity index (χ2v) is 7.53. The number of benzene rings is 2. The fourth-order valence-corrected chi connectivity index (χ4v) is 3.07. The number of amides is 1. The molecule has 1 aromatic heterocycles. The van der Waals surface area contributed by atoms with Crippen LogP contribution in [0.4, 0.5) is 10.5 Å². The SMILES string of the molecule is CCOC(=O)Nc1cccc(C)c1.CCn1nc(-c2ccc(CCC(=O)CN)cc2)ccc1=O. The number of nitrogens with zero attached hydrogens (tertiary/aromatic N) is 2. The standard InChI is InChI=1S/C16H19N3O2.C10H13NO2/c1-2-19-16(21)10-9-15(18-19)13-6-3-12(4-7-13)5-8-14(20)11-17;1-3-13-10(12)11-9-6-4-5-8(2)7-9/h3-4,6-7,9-10H,2,5,8,11,17H2,1H3;4-7H,3H2,1-2H3,(H,11,12). The van der Waals surface area contributed by atoms with E-state index in [0.29, 0.717) is 26.0 Å². The first kappa shape index (κ1) is 26.5. The van der Waals surface area contributed by atoms with Crippen LogP contribution in [0.2, 0.25) is 0 Å². The van der Waals surface area contributed by atoms with Gasteiger partial charge in [0.05, 0.1) is 18.8 Å². The molecule has 34 heavy (non-hydrogen) atoms. The number of ether oxygens (including phenoxy) is 1. The summed E-state index contributed by atoms with van der Waals surface area (Å²) in [5.74, 6) is 0.0655. The smallest absolute Gasteiger partial charge is 0.411 e. The number of aromatic nitrogens is 2. The van der Waals surface area contributed by atoms with E-state index in [9.17, 15) is 14.4 Å². The maximum Gasteiger partial charge on any atom is 0.411 e. The normalized spacial score (nSPS) is 10.1. The molecule has 0 radical (unpaired) electrons. The summed E-state index contributed by atoms with van der Waals surface area (Å²) >= 11 is 0. The Hall–Kier alpha value is -3.78. The Bertz CT molecular complexity index is 1140. The Morgan fingerprint density at radius 3 is 2.41 bits per heavy atom. The molecule has 0 saturated heterocycles. The third-order valence-corrected chi connectivity index (χ3v) is 4.88. The van der Waals surface area contributed by atoms with Crippen molar-refractivity contribution in [3.05, 3.63) is 82.1 Å². The lowest BCUT2D eigenvalue weighted by atomic mass is 10.0. The lowest BCUT2D eigenvalue weighted by molar-refractivity contribution is -0.117. The van der Waals surface area contributed by atoms with Crippen molar-refractivity contribution < 1.29 is 14.3 Å². The van der Waals surface area contributed by atoms with Crippen LogP contribution in [0.5, 0.6) is 0 Å². The molecule has 3 rings (SSSR count). The zero-order valence-electron chi connectivity index (χ0n) is 19.9. The fraction of sp³-hybridized carbons (Fsp3) is 0.308. The fourth-order valence-electron chi connectivity index (χ4n) is 3.07. The van der Waals surface area contributed by atoms with Crippen molar-refractivity contribution in [1.29, 1.82) is 0 Å². The van der Waals surface area contributed by atoms with Crippen LogP contribution in [0.3, 0.4) is 0 Å². The molecule has 0 unspecified atom stereocenters. The van der Waals surface area contributed by atoms with Crippen molar-refractivity contribution in [2.75, 3.05) is 18.5 Å². The maximum absolute atomic E-state index is 11.5. The molecule has 0 atom stereocenters. The number of ketones is 1. The van der Waals surface area contributed by atoms with Crippen molar-refractivity contribution in [2.45, 2.75) is 40.2 Å². The predicted molar refractivity (Wildman–Crippen MR) is 134 cm³/mol. The Balaban J connectivity index is 0.000000270. The zero-order valence-corrected chi connectivity index (χ0v) is 19.9. The first-order valence-corrected chi connectivity index (χ1v) is 11.3. The highest BCUT2D eigenvalue weighted by molar-refractivity contribution is 5.84. The maximum atomic E-state index is 11.5. The second kappa shape index (κ2) is 13.7. The lowest BCUT2D eigenvalue weighted by Crippen LogP contribution is -2.20. The third kappa shape index (κ3) is 8.63. The number of hydrogen-bond donors (Lipinski definition) is 2. The summed E-state index contributed by atoms with van der Waals surface area (Å²) in [7, 11) is 0. The van der Waals surface area contributed by atoms with Crippen LogP contribution in [-0.4, -0.2) is 34.8 Å². The molecular weight excluding hydrogens is 432 g/mol. The van der Waals surface area contributed by atoms with Crippen molar-refractivity contribution in [3.8, 4) is 11.3 Å². The molecule has 0 saturated carbocycles. The molecule has 1 heterocycles. The van der Waals surface area contributed by atoms with Gasteiger partial charge in [-0.15, -0.1) is 0 Å². The van der Waals surface area contributed by atoms with E-state index in [-0.39, 0.29) is 17.9 Å². The van der Waals surface area contributed by atoms with E-state index in [1.54, 1.807) is 13.0 Å². The number of anilines is 1. The molecule has 180 valence electrons. The summed E-state index contributed by atoms with van der Waals surface area (Å²) < 4.78 is 6.17. The Kier molecular flexibility index (Phi) is 10.7. The van der Waals surface area contributed by atoms with Crippen molar-refractivity contribution in [3.63, 3.8) is 0 Å². The number of carbonyl (C=O) groups excluding carboxylic acids is 2. The minimum atomic E-state index is -0.409. The molecular formula is C26H32N4O4. The number of aryl methyl sites for hydroxylation is 3. The predicted octanol–water partition coefficient (Wildman–Crippen LogP) is 3.95. The van der Waals surface area contributed by atoms with Gasteiger partial charge in [-0.2, -0.15) is 5.10 Å². The number of carbonyl (C=O) groups is 2. The molecule has 0 aliphatic heterocycles. The number of hydrogen-bond acceptors (Lipinski definition) is 6. The van der Waals surface area contributed by atoms with Gasteiger partial charge in [-0.1, -0.05) is 36.4 Å². The highest BCUT2D eigenvalue weighted by atomic mass is 16.5. The highest BCUT2D eigenvalue weighted by Crippen LogP contribution is 2.17. The molecule has 0 aliphatic carbocycles. The molecule has 0 aliphatic rings. The molecule has 0 bridgehead atoms. The summed E-state index contributed by atoms with van der Waals surface area (Å²) in [5.41, 5.74) is 9.86. The van der Waals surface area contributed by atoms with Gasteiger partial charge < -0.3 is 10.5 Å². The zero-order chi connectivity index (χ0) is 24.9. The largest absolute Gasteiger partial charge is 0.450 e. The Morgan fingerprint density at radius 2 is 1.79 bits per heavy atom. The van der Waals surface area contributed by atoms with Crippen molar-refractivity contribution in [2.24, 2.45) is 5.73 Å². The summed E-state index contributed by atoms with van der Waals surface area (Å²) in [5, 5.41) is 6.93. The van der Waals surface area contributed by atoms with Gasteiger partial charge in [0.2, 0.25) is 0 Å². The van der Waals surface area contributed by atoms with Gasteiger partial charge >= 0.3 is 6.09 Å². The molecule has 1 amide bonds. The average molecular weight is 465 g/mol. The summed E-state index contributed by atoms with van der Waals surface area (Å²) in [4.78, 5) is 33.7. The lowest BCUT2D eigenvalue weighted by Gasteiger charge is -2.06. The molecule has 3 N–H and O–H groups in total. The first-order chi connectivity index (χ1) is 16.4. The number of rotatable bonds is 8. The third-order valence-electron chi connectivity index (χ3n) is 4.88. The van der Waals surface area contributed by atoms with E-state index in [1.165, 1.54) is 10.7 Å². The first-order valence-electron chi connectivity index (χ1n) is 11.3. The molecule has 0 fully saturated rings. The molecule has 0 spiro atoms. The highest BCUT2D eigenvalue weighted by Gasteiger charge is 2.04. The minimum absolute atomic E-state index is 0.0655. The van der Waals surface area contributed by atoms with Crippen LogP contribution in [0.15, 0.2) is 65.5 Å². The second-order valence-electron chi connectivity index (χ2n) is 7.53. The van der Waals surface area contributed by atoms with Crippen LogP contribution in [0, 0.1) is 6.92 Å². The van der Waals surface area contributed by atoms with Gasteiger partial charge in [0.15, 0.2) is 0 Å². The summed E-state index contributed by atoms with van der Waals surface area (Å²) in [6.45, 7) is 6.66. The number of nitrogens with two attached hydrogens (primary N) is 1. The monoisotopic (exact) mass is 464 g/mol. The van der Waals surface area contributed by atoms with Gasteiger partial charge in [0, 0.05) is 30.3 Å². The number of nitrogens with one attached hydrogen (secondary N) is 1. The van der Waals surface area contributed by atoms with E-state index < -0.39 is 6.09 Å². The van der Waals surface area contributed by atoms with Crippen molar-refractivity contribution in [1.82, 2.24) is 9.78 Å². The van der Waals surface area contributed by atoms with Crippen LogP contribution >= 0.6 is 0 Å². The van der Waals surface area contributed by atoms with Gasteiger partial charge in [-0.25, -0.2) is 9.48 Å².